The van der Waals surface area contributed by atoms with Crippen LogP contribution in [0, 0.1) is 0 Å². The van der Waals surface area contributed by atoms with E-state index in [9.17, 15) is 8.78 Å². The molecule has 5 heteroatoms. The molecule has 1 N–H and O–H groups in total. The van der Waals surface area contributed by atoms with Gasteiger partial charge in [0.2, 0.25) is 0 Å². The highest BCUT2D eigenvalue weighted by Crippen LogP contribution is 2.20. The zero-order valence-corrected chi connectivity index (χ0v) is 9.95. The molecule has 0 fully saturated rings. The number of hydrogen-bond acceptors (Lipinski definition) is 3. The largest absolute Gasteiger partial charge is 0.435 e. The highest BCUT2D eigenvalue weighted by atomic mass is 19.3. The van der Waals surface area contributed by atoms with E-state index in [1.54, 1.807) is 19.2 Å². The van der Waals surface area contributed by atoms with Gasteiger partial charge in [0.1, 0.15) is 5.75 Å². The number of rotatable bonds is 7. The molecule has 1 aromatic rings. The van der Waals surface area contributed by atoms with Crippen molar-refractivity contribution in [2.45, 2.75) is 19.6 Å². The van der Waals surface area contributed by atoms with Gasteiger partial charge in [-0.25, -0.2) is 0 Å². The number of halogens is 2. The smallest absolute Gasteiger partial charge is 0.387 e. The molecule has 0 aliphatic heterocycles. The van der Waals surface area contributed by atoms with Crippen LogP contribution in [0.2, 0.25) is 0 Å². The van der Waals surface area contributed by atoms with E-state index in [1.165, 1.54) is 6.07 Å². The molecule has 1 unspecified atom stereocenters. The summed E-state index contributed by atoms with van der Waals surface area (Å²) in [4.78, 5) is 0. The Balaban J connectivity index is 2.57. The molecule has 1 aromatic carbocycles. The molecule has 0 saturated carbocycles. The Morgan fingerprint density at radius 3 is 2.76 bits per heavy atom. The third-order valence-electron chi connectivity index (χ3n) is 2.34. The van der Waals surface area contributed by atoms with Crippen molar-refractivity contribution in [3.05, 3.63) is 29.8 Å². The number of benzene rings is 1. The molecule has 0 bridgehead atoms. The van der Waals surface area contributed by atoms with Crippen LogP contribution < -0.4 is 10.1 Å². The van der Waals surface area contributed by atoms with E-state index in [1.807, 2.05) is 13.0 Å². The van der Waals surface area contributed by atoms with Crippen molar-refractivity contribution in [1.82, 2.24) is 5.32 Å². The Hall–Kier alpha value is -1.20. The maximum Gasteiger partial charge on any atom is 0.387 e. The second kappa shape index (κ2) is 7.19. The number of methoxy groups -OCH3 is 1. The Morgan fingerprint density at radius 2 is 2.12 bits per heavy atom. The Morgan fingerprint density at radius 1 is 1.35 bits per heavy atom. The van der Waals surface area contributed by atoms with Crippen LogP contribution in [0.4, 0.5) is 8.78 Å². The summed E-state index contributed by atoms with van der Waals surface area (Å²) in [6, 6.07) is 6.74. The highest BCUT2D eigenvalue weighted by molar-refractivity contribution is 5.30. The molecule has 0 heterocycles. The van der Waals surface area contributed by atoms with Crippen LogP contribution in [-0.2, 0) is 4.74 Å². The maximum atomic E-state index is 12.0. The van der Waals surface area contributed by atoms with Crippen LogP contribution in [0.1, 0.15) is 18.5 Å². The Labute approximate surface area is 99.7 Å². The van der Waals surface area contributed by atoms with Crippen LogP contribution in [0.25, 0.3) is 0 Å². The predicted octanol–water partition coefficient (Wildman–Crippen LogP) is 2.59. The second-order valence-electron chi connectivity index (χ2n) is 3.62. The summed E-state index contributed by atoms with van der Waals surface area (Å²) in [5, 5.41) is 3.21. The predicted molar refractivity (Wildman–Crippen MR) is 61.4 cm³/mol. The van der Waals surface area contributed by atoms with Crippen LogP contribution in [0.3, 0.4) is 0 Å². The molecule has 0 amide bonds. The molecule has 17 heavy (non-hydrogen) atoms. The summed E-state index contributed by atoms with van der Waals surface area (Å²) in [6.07, 6.45) is 0. The van der Waals surface area contributed by atoms with Crippen LogP contribution in [0.15, 0.2) is 24.3 Å². The average Bonchev–Trinajstić information content (AvgIpc) is 2.28. The standard InChI is InChI=1S/C12H17F2NO2/c1-9(15-6-7-16-2)10-4-3-5-11(8-10)17-12(13)14/h3-5,8-9,12,15H,6-7H2,1-2H3. The number of hydrogen-bond donors (Lipinski definition) is 1. The molecule has 0 aliphatic carbocycles. The summed E-state index contributed by atoms with van der Waals surface area (Å²) in [5.74, 6) is 0.179. The van der Waals surface area contributed by atoms with E-state index < -0.39 is 6.61 Å². The number of alkyl halides is 2. The lowest BCUT2D eigenvalue weighted by Gasteiger charge is -2.15. The van der Waals surface area contributed by atoms with Crippen LogP contribution in [0.5, 0.6) is 5.75 Å². The molecule has 0 saturated heterocycles. The van der Waals surface area contributed by atoms with Gasteiger partial charge in [-0.05, 0) is 24.6 Å². The van der Waals surface area contributed by atoms with Gasteiger partial charge in [0.05, 0.1) is 6.61 Å². The van der Waals surface area contributed by atoms with Gasteiger partial charge < -0.3 is 14.8 Å². The zero-order valence-electron chi connectivity index (χ0n) is 9.95. The van der Waals surface area contributed by atoms with Crippen molar-refractivity contribution in [2.75, 3.05) is 20.3 Å². The lowest BCUT2D eigenvalue weighted by atomic mass is 10.1. The number of nitrogens with one attached hydrogen (secondary N) is 1. The van der Waals surface area contributed by atoms with E-state index in [2.05, 4.69) is 10.1 Å². The van der Waals surface area contributed by atoms with Gasteiger partial charge in [0.15, 0.2) is 0 Å². The molecule has 1 atom stereocenters. The van der Waals surface area contributed by atoms with Gasteiger partial charge in [-0.1, -0.05) is 12.1 Å². The van der Waals surface area contributed by atoms with Crippen LogP contribution >= 0.6 is 0 Å². The lowest BCUT2D eigenvalue weighted by Crippen LogP contribution is -2.22. The van der Waals surface area contributed by atoms with E-state index in [0.29, 0.717) is 13.2 Å². The molecule has 1 rings (SSSR count). The first-order chi connectivity index (χ1) is 8.13. The molecule has 0 spiro atoms. The summed E-state index contributed by atoms with van der Waals surface area (Å²) >= 11 is 0. The van der Waals surface area contributed by atoms with Gasteiger partial charge in [-0.3, -0.25) is 0 Å². The molecule has 3 nitrogen and oxygen atoms in total. The third-order valence-corrected chi connectivity index (χ3v) is 2.34. The minimum Gasteiger partial charge on any atom is -0.435 e. The first-order valence-electron chi connectivity index (χ1n) is 5.40. The van der Waals surface area contributed by atoms with Crippen molar-refractivity contribution in [2.24, 2.45) is 0 Å². The van der Waals surface area contributed by atoms with E-state index in [0.717, 1.165) is 5.56 Å². The summed E-state index contributed by atoms with van der Waals surface area (Å²) in [7, 11) is 1.63. The van der Waals surface area contributed by atoms with Gasteiger partial charge >= 0.3 is 6.61 Å². The molecule has 0 aromatic heterocycles. The fourth-order valence-corrected chi connectivity index (χ4v) is 1.46. The molecule has 0 aliphatic rings. The van der Waals surface area contributed by atoms with E-state index in [-0.39, 0.29) is 11.8 Å². The highest BCUT2D eigenvalue weighted by Gasteiger charge is 2.08. The molecular formula is C12H17F2NO2. The number of ether oxygens (including phenoxy) is 2. The Kier molecular flexibility index (Phi) is 5.86. The maximum absolute atomic E-state index is 12.0. The quantitative estimate of drug-likeness (QED) is 0.749. The first kappa shape index (κ1) is 13.9. The second-order valence-corrected chi connectivity index (χ2v) is 3.62. The Bertz CT molecular complexity index is 334. The third kappa shape index (κ3) is 5.10. The van der Waals surface area contributed by atoms with Gasteiger partial charge in [-0.2, -0.15) is 8.78 Å². The van der Waals surface area contributed by atoms with Gasteiger partial charge in [-0.15, -0.1) is 0 Å². The molecule has 0 radical (unpaired) electrons. The monoisotopic (exact) mass is 245 g/mol. The fourth-order valence-electron chi connectivity index (χ4n) is 1.46. The van der Waals surface area contributed by atoms with E-state index >= 15 is 0 Å². The summed E-state index contributed by atoms with van der Waals surface area (Å²) in [6.45, 7) is 0.480. The minimum atomic E-state index is -2.79. The van der Waals surface area contributed by atoms with Gasteiger partial charge in [0, 0.05) is 19.7 Å². The molecular weight excluding hydrogens is 228 g/mol. The fraction of sp³-hybridized carbons (Fsp3) is 0.500. The van der Waals surface area contributed by atoms with Crippen molar-refractivity contribution < 1.29 is 18.3 Å². The minimum absolute atomic E-state index is 0.0615. The lowest BCUT2D eigenvalue weighted by molar-refractivity contribution is -0.0499. The van der Waals surface area contributed by atoms with Crippen molar-refractivity contribution >= 4 is 0 Å². The van der Waals surface area contributed by atoms with Crippen molar-refractivity contribution in [3.8, 4) is 5.75 Å². The molecule has 96 valence electrons. The van der Waals surface area contributed by atoms with E-state index in [4.69, 9.17) is 4.74 Å². The van der Waals surface area contributed by atoms with Crippen LogP contribution in [-0.4, -0.2) is 26.9 Å². The summed E-state index contributed by atoms with van der Waals surface area (Å²) in [5.41, 5.74) is 0.902. The van der Waals surface area contributed by atoms with Crippen molar-refractivity contribution in [1.29, 1.82) is 0 Å². The summed E-state index contributed by atoms with van der Waals surface area (Å²) < 4.78 is 33.4. The first-order valence-corrected chi connectivity index (χ1v) is 5.40. The SMILES string of the molecule is COCCNC(C)c1cccc(OC(F)F)c1. The van der Waals surface area contributed by atoms with Gasteiger partial charge in [0.25, 0.3) is 0 Å². The average molecular weight is 245 g/mol. The normalized spacial score (nSPS) is 12.8. The van der Waals surface area contributed by atoms with Crippen molar-refractivity contribution in [3.63, 3.8) is 0 Å². The zero-order chi connectivity index (χ0) is 12.7. The topological polar surface area (TPSA) is 30.5 Å².